The number of amides is 2. The SMILES string of the molecule is Cc1nnc(SCC(=O)N2c3ccccc3NC(=O)C[C@H]2C)n1C1CC1. The van der Waals surface area contributed by atoms with Gasteiger partial charge in [0.2, 0.25) is 11.8 Å². The largest absolute Gasteiger partial charge is 0.324 e. The summed E-state index contributed by atoms with van der Waals surface area (Å²) in [4.78, 5) is 26.8. The lowest BCUT2D eigenvalue weighted by molar-refractivity contribution is -0.117. The third kappa shape index (κ3) is 3.21. The van der Waals surface area contributed by atoms with Gasteiger partial charge in [-0.2, -0.15) is 0 Å². The normalized spacial score (nSPS) is 19.7. The Kier molecular flexibility index (Phi) is 4.44. The molecule has 7 nitrogen and oxygen atoms in total. The van der Waals surface area contributed by atoms with E-state index in [0.29, 0.717) is 11.7 Å². The molecule has 1 aromatic heterocycles. The second-order valence-electron chi connectivity index (χ2n) is 6.80. The maximum atomic E-state index is 13.0. The lowest BCUT2D eigenvalue weighted by Crippen LogP contribution is -2.40. The number of hydrogen-bond donors (Lipinski definition) is 1. The topological polar surface area (TPSA) is 80.1 Å². The number of nitrogens with one attached hydrogen (secondary N) is 1. The van der Waals surface area contributed by atoms with Crippen molar-refractivity contribution in [3.8, 4) is 0 Å². The van der Waals surface area contributed by atoms with Gasteiger partial charge >= 0.3 is 0 Å². The molecule has 1 aromatic carbocycles. The van der Waals surface area contributed by atoms with Crippen LogP contribution in [0.2, 0.25) is 0 Å². The number of aryl methyl sites for hydroxylation is 1. The van der Waals surface area contributed by atoms with Crippen LogP contribution in [-0.2, 0) is 9.59 Å². The van der Waals surface area contributed by atoms with E-state index in [2.05, 4.69) is 20.1 Å². The fraction of sp³-hybridized carbons (Fsp3) is 0.444. The molecular weight excluding hydrogens is 350 g/mol. The number of fused-ring (bicyclic) bond motifs is 1. The van der Waals surface area contributed by atoms with E-state index >= 15 is 0 Å². The highest BCUT2D eigenvalue weighted by atomic mass is 32.2. The van der Waals surface area contributed by atoms with Crippen LogP contribution in [0, 0.1) is 6.92 Å². The first-order valence-electron chi connectivity index (χ1n) is 8.80. The van der Waals surface area contributed by atoms with E-state index in [-0.39, 0.29) is 30.0 Å². The molecule has 2 aliphatic rings. The van der Waals surface area contributed by atoms with Gasteiger partial charge in [0.15, 0.2) is 5.16 Å². The van der Waals surface area contributed by atoms with Crippen LogP contribution in [0.5, 0.6) is 0 Å². The van der Waals surface area contributed by atoms with Crippen LogP contribution in [0.1, 0.15) is 38.1 Å². The molecule has 1 atom stereocenters. The van der Waals surface area contributed by atoms with Crippen molar-refractivity contribution in [1.29, 1.82) is 0 Å². The molecule has 2 heterocycles. The number of nitrogens with zero attached hydrogens (tertiary/aromatic N) is 4. The molecule has 8 heteroatoms. The quantitative estimate of drug-likeness (QED) is 0.836. The lowest BCUT2D eigenvalue weighted by atomic mass is 10.2. The number of carbonyl (C=O) groups is 2. The number of anilines is 2. The van der Waals surface area contributed by atoms with Gasteiger partial charge < -0.3 is 14.8 Å². The molecule has 0 spiro atoms. The van der Waals surface area contributed by atoms with E-state index in [9.17, 15) is 9.59 Å². The molecule has 0 unspecified atom stereocenters. The molecule has 0 radical (unpaired) electrons. The highest BCUT2D eigenvalue weighted by molar-refractivity contribution is 7.99. The minimum atomic E-state index is -0.199. The number of para-hydroxylation sites is 2. The van der Waals surface area contributed by atoms with E-state index < -0.39 is 0 Å². The Morgan fingerprint density at radius 1 is 1.31 bits per heavy atom. The van der Waals surface area contributed by atoms with Gasteiger partial charge in [-0.15, -0.1) is 10.2 Å². The van der Waals surface area contributed by atoms with Crippen LogP contribution in [0.15, 0.2) is 29.4 Å². The van der Waals surface area contributed by atoms with E-state index in [1.165, 1.54) is 11.8 Å². The summed E-state index contributed by atoms with van der Waals surface area (Å²) in [6.45, 7) is 3.85. The van der Waals surface area contributed by atoms with E-state index in [0.717, 1.165) is 29.5 Å². The van der Waals surface area contributed by atoms with Gasteiger partial charge in [-0.1, -0.05) is 23.9 Å². The Labute approximate surface area is 156 Å². The zero-order chi connectivity index (χ0) is 18.3. The highest BCUT2D eigenvalue weighted by Crippen LogP contribution is 2.39. The summed E-state index contributed by atoms with van der Waals surface area (Å²) in [6, 6.07) is 7.71. The number of thioether (sulfide) groups is 1. The van der Waals surface area contributed by atoms with Gasteiger partial charge in [-0.25, -0.2) is 0 Å². The summed E-state index contributed by atoms with van der Waals surface area (Å²) in [5.41, 5.74) is 1.42. The Bertz CT molecular complexity index is 861. The van der Waals surface area contributed by atoms with Gasteiger partial charge in [-0.3, -0.25) is 9.59 Å². The third-order valence-electron chi connectivity index (χ3n) is 4.70. The zero-order valence-electron chi connectivity index (χ0n) is 14.8. The lowest BCUT2D eigenvalue weighted by Gasteiger charge is -2.27. The molecule has 1 saturated carbocycles. The van der Waals surface area contributed by atoms with Crippen molar-refractivity contribution in [1.82, 2.24) is 14.8 Å². The summed E-state index contributed by atoms with van der Waals surface area (Å²) in [6.07, 6.45) is 2.57. The predicted octanol–water partition coefficient (Wildman–Crippen LogP) is 2.78. The minimum absolute atomic E-state index is 0.0329. The molecule has 0 saturated heterocycles. The average molecular weight is 371 g/mol. The number of carbonyl (C=O) groups excluding carboxylic acids is 2. The van der Waals surface area contributed by atoms with Gasteiger partial charge in [0.25, 0.3) is 0 Å². The number of hydrogen-bond acceptors (Lipinski definition) is 5. The first kappa shape index (κ1) is 17.1. The van der Waals surface area contributed by atoms with Crippen LogP contribution >= 0.6 is 11.8 Å². The van der Waals surface area contributed by atoms with E-state index in [4.69, 9.17) is 0 Å². The fourth-order valence-corrected chi connectivity index (χ4v) is 4.28. The Balaban J connectivity index is 1.55. The summed E-state index contributed by atoms with van der Waals surface area (Å²) in [5.74, 6) is 1.05. The van der Waals surface area contributed by atoms with Crippen LogP contribution in [0.25, 0.3) is 0 Å². The molecule has 4 rings (SSSR count). The molecule has 1 aliphatic heterocycles. The second kappa shape index (κ2) is 6.75. The molecule has 1 aliphatic carbocycles. The molecule has 0 bridgehead atoms. The Hall–Kier alpha value is -2.35. The van der Waals surface area contributed by atoms with Crippen molar-refractivity contribution in [3.05, 3.63) is 30.1 Å². The number of benzene rings is 1. The molecule has 26 heavy (non-hydrogen) atoms. The van der Waals surface area contributed by atoms with Crippen molar-refractivity contribution in [2.24, 2.45) is 0 Å². The average Bonchev–Trinajstić information content (AvgIpc) is 3.38. The molecule has 1 N–H and O–H groups in total. The smallest absolute Gasteiger partial charge is 0.237 e. The zero-order valence-corrected chi connectivity index (χ0v) is 15.6. The molecule has 2 amide bonds. The highest BCUT2D eigenvalue weighted by Gasteiger charge is 2.31. The second-order valence-corrected chi connectivity index (χ2v) is 7.74. The molecule has 2 aromatic rings. The minimum Gasteiger partial charge on any atom is -0.324 e. The van der Waals surface area contributed by atoms with Crippen molar-refractivity contribution in [3.63, 3.8) is 0 Å². The number of aromatic nitrogens is 3. The summed E-state index contributed by atoms with van der Waals surface area (Å²) >= 11 is 1.42. The van der Waals surface area contributed by atoms with E-state index in [1.807, 2.05) is 38.1 Å². The summed E-state index contributed by atoms with van der Waals surface area (Å²) in [7, 11) is 0. The summed E-state index contributed by atoms with van der Waals surface area (Å²) in [5, 5.41) is 12.1. The number of rotatable bonds is 4. The van der Waals surface area contributed by atoms with Gasteiger partial charge in [0, 0.05) is 18.5 Å². The Morgan fingerprint density at radius 3 is 2.85 bits per heavy atom. The third-order valence-corrected chi connectivity index (χ3v) is 5.63. The maximum Gasteiger partial charge on any atom is 0.237 e. The first-order valence-corrected chi connectivity index (χ1v) is 9.78. The van der Waals surface area contributed by atoms with Gasteiger partial charge in [-0.05, 0) is 38.8 Å². The standard InChI is InChI=1S/C18H21N5O2S/c1-11-9-16(24)19-14-5-3-4-6-15(14)22(11)17(25)10-26-18-21-20-12(2)23(18)13-7-8-13/h3-6,11,13H,7-10H2,1-2H3,(H,19,24)/t11-/m1/s1. The first-order chi connectivity index (χ1) is 12.5. The predicted molar refractivity (Wildman–Crippen MR) is 100 cm³/mol. The van der Waals surface area contributed by atoms with Crippen molar-refractivity contribution in [2.45, 2.75) is 50.4 Å². The van der Waals surface area contributed by atoms with Crippen molar-refractivity contribution >= 4 is 35.0 Å². The van der Waals surface area contributed by atoms with Gasteiger partial charge in [0.05, 0.1) is 17.1 Å². The van der Waals surface area contributed by atoms with E-state index in [1.54, 1.807) is 4.90 Å². The van der Waals surface area contributed by atoms with Crippen molar-refractivity contribution < 1.29 is 9.59 Å². The van der Waals surface area contributed by atoms with Crippen LogP contribution in [-0.4, -0.2) is 38.4 Å². The Morgan fingerprint density at radius 2 is 2.08 bits per heavy atom. The van der Waals surface area contributed by atoms with Crippen LogP contribution < -0.4 is 10.2 Å². The molecular formula is C18H21N5O2S. The van der Waals surface area contributed by atoms with Crippen molar-refractivity contribution in [2.75, 3.05) is 16.0 Å². The maximum absolute atomic E-state index is 13.0. The fourth-order valence-electron chi connectivity index (χ4n) is 3.37. The monoisotopic (exact) mass is 371 g/mol. The summed E-state index contributed by atoms with van der Waals surface area (Å²) < 4.78 is 2.13. The van der Waals surface area contributed by atoms with Crippen LogP contribution in [0.4, 0.5) is 11.4 Å². The molecule has 1 fully saturated rings. The van der Waals surface area contributed by atoms with Gasteiger partial charge in [0.1, 0.15) is 5.82 Å². The molecule has 136 valence electrons. The van der Waals surface area contributed by atoms with Crippen LogP contribution in [0.3, 0.4) is 0 Å².